The minimum Gasteiger partial charge on any atom is -0.423 e. The third kappa shape index (κ3) is 5.09. The predicted octanol–water partition coefficient (Wildman–Crippen LogP) is 0.312. The van der Waals surface area contributed by atoms with Crippen LogP contribution in [0, 0.1) is 6.92 Å². The Morgan fingerprint density at radius 3 is 2.56 bits per heavy atom. The minimum atomic E-state index is -2.00. The fourth-order valence-corrected chi connectivity index (χ4v) is 2.76. The first kappa shape index (κ1) is 21.7. The summed E-state index contributed by atoms with van der Waals surface area (Å²) >= 11 is 0. The molecular formula is C15H24N5O4Re-. The molecule has 141 valence electrons. The molecule has 3 N–H and O–H groups in total. The second-order valence-electron chi connectivity index (χ2n) is 5.76. The maximum Gasteiger partial charge on any atom is 0.312 e. The van der Waals surface area contributed by atoms with E-state index < -0.39 is 12.1 Å². The molecule has 1 fully saturated rings. The van der Waals surface area contributed by atoms with Gasteiger partial charge in [-0.25, -0.2) is 10.1 Å². The van der Waals surface area contributed by atoms with Crippen LogP contribution in [-0.2, 0) is 20.4 Å². The molecule has 1 radical (unpaired) electrons. The van der Waals surface area contributed by atoms with E-state index in [4.69, 9.17) is 14.9 Å². The molecule has 2 aromatic heterocycles. The van der Waals surface area contributed by atoms with Gasteiger partial charge in [0.1, 0.15) is 5.82 Å². The van der Waals surface area contributed by atoms with Crippen LogP contribution in [0.5, 0.6) is 5.88 Å². The number of aryl methyl sites for hydroxylation is 1. The molecule has 1 saturated heterocycles. The Morgan fingerprint density at radius 2 is 1.96 bits per heavy atom. The van der Waals surface area contributed by atoms with Crippen LogP contribution < -0.4 is 14.7 Å². The summed E-state index contributed by atoms with van der Waals surface area (Å²) in [5.74, 6) is 1.01. The molecule has 9 nitrogen and oxygen atoms in total. The Kier molecular flexibility index (Phi) is 7.71. The third-order valence-electron chi connectivity index (χ3n) is 3.62. The second-order valence-corrected chi connectivity index (χ2v) is 5.76. The first-order chi connectivity index (χ1) is 11.4. The number of piperidine rings is 1. The van der Waals surface area contributed by atoms with Crippen molar-refractivity contribution in [3.05, 3.63) is 5.82 Å². The zero-order valence-corrected chi connectivity index (χ0v) is 17.5. The molecule has 1 aliphatic rings. The molecule has 3 heterocycles. The number of hydrogen-bond donors (Lipinski definition) is 3. The number of hydrogen-bond acceptors (Lipinski definition) is 8. The molecule has 0 aliphatic carbocycles. The average Bonchev–Trinajstić information content (AvgIpc) is 2.89. The van der Waals surface area contributed by atoms with Crippen LogP contribution in [0.25, 0.3) is 11.0 Å². The monoisotopic (exact) mass is 525 g/mol. The van der Waals surface area contributed by atoms with E-state index in [1.807, 2.05) is 18.7 Å². The number of nitrogens with zero attached hydrogens (tertiary/aromatic N) is 5. The van der Waals surface area contributed by atoms with E-state index >= 15 is 0 Å². The van der Waals surface area contributed by atoms with E-state index in [2.05, 4.69) is 20.2 Å². The van der Waals surface area contributed by atoms with E-state index in [9.17, 15) is 5.11 Å². The SMILES string of the molecule is CC.Cc1nc(N2CCC[C@](C)(O)C2)c2c(OC(O)O)n[n-]c2n1.[Re]. The summed E-state index contributed by atoms with van der Waals surface area (Å²) < 4.78 is 4.86. The van der Waals surface area contributed by atoms with Crippen LogP contribution in [0.1, 0.15) is 39.4 Å². The van der Waals surface area contributed by atoms with Crippen LogP contribution >= 0.6 is 0 Å². The van der Waals surface area contributed by atoms with E-state index in [1.54, 1.807) is 13.8 Å². The van der Waals surface area contributed by atoms with Gasteiger partial charge in [-0.15, -0.1) is 0 Å². The summed E-state index contributed by atoms with van der Waals surface area (Å²) in [7, 11) is 0. The summed E-state index contributed by atoms with van der Waals surface area (Å²) in [6.45, 7) is 6.64. The van der Waals surface area contributed by atoms with Crippen molar-refractivity contribution in [1.29, 1.82) is 0 Å². The molecule has 0 amide bonds. The molecule has 0 spiro atoms. The minimum absolute atomic E-state index is 0. The standard InChI is InChI=1S/C13H18N5O4.C2H6.Re/c1-7-14-9-8(11(17-16-9)22-12(19)20)10(15-7)18-5-3-4-13(2,21)6-18;1-2;/h12,19-21H,3-6H2,1-2H3;1-2H3;/q-1;;/t13-;;/m0../s1. The summed E-state index contributed by atoms with van der Waals surface area (Å²) in [6, 6.07) is 0. The molecule has 10 heteroatoms. The fourth-order valence-electron chi connectivity index (χ4n) is 2.76. The Hall–Kier alpha value is -1.31. The summed E-state index contributed by atoms with van der Waals surface area (Å²) in [4.78, 5) is 10.5. The summed E-state index contributed by atoms with van der Waals surface area (Å²) in [5.41, 5.74) is -0.489. The van der Waals surface area contributed by atoms with Crippen molar-refractivity contribution in [2.75, 3.05) is 18.0 Å². The average molecular weight is 525 g/mol. The Balaban J connectivity index is 0.00000101. The van der Waals surface area contributed by atoms with Gasteiger partial charge in [-0.3, -0.25) is 0 Å². The summed E-state index contributed by atoms with van der Waals surface area (Å²) in [6.07, 6.45) is 1.53. The molecule has 3 rings (SSSR count). The van der Waals surface area contributed by atoms with Gasteiger partial charge in [0.25, 0.3) is 0 Å². The fraction of sp³-hybridized carbons (Fsp3) is 0.667. The molecule has 0 aromatic carbocycles. The van der Waals surface area contributed by atoms with Crippen molar-refractivity contribution in [2.24, 2.45) is 0 Å². The van der Waals surface area contributed by atoms with Crippen LogP contribution in [0.3, 0.4) is 0 Å². The van der Waals surface area contributed by atoms with E-state index in [0.717, 1.165) is 6.42 Å². The second kappa shape index (κ2) is 8.87. The first-order valence-electron chi connectivity index (χ1n) is 8.03. The van der Waals surface area contributed by atoms with Crippen LogP contribution in [0.15, 0.2) is 0 Å². The Morgan fingerprint density at radius 1 is 1.28 bits per heavy atom. The van der Waals surface area contributed by atoms with E-state index in [-0.39, 0.29) is 26.3 Å². The molecule has 1 atom stereocenters. The number of aliphatic hydroxyl groups excluding tert-OH is 1. The molecular weight excluding hydrogens is 500 g/mol. The number of β-amino-alcohol motifs (C(OH)–C–C–N with tert-alkyl or cyclic N) is 1. The largest absolute Gasteiger partial charge is 0.423 e. The van der Waals surface area contributed by atoms with Crippen LogP contribution in [0.2, 0.25) is 0 Å². The van der Waals surface area contributed by atoms with Gasteiger partial charge in [0, 0.05) is 39.3 Å². The number of aliphatic hydroxyl groups is 3. The Labute approximate surface area is 160 Å². The smallest absolute Gasteiger partial charge is 0.312 e. The maximum absolute atomic E-state index is 10.3. The van der Waals surface area contributed by atoms with Gasteiger partial charge < -0.3 is 35.0 Å². The first-order valence-corrected chi connectivity index (χ1v) is 8.03. The van der Waals surface area contributed by atoms with Crippen LogP contribution in [-0.4, -0.2) is 55.6 Å². The van der Waals surface area contributed by atoms with Gasteiger partial charge >= 0.3 is 6.48 Å². The van der Waals surface area contributed by atoms with Crippen molar-refractivity contribution >= 4 is 16.9 Å². The predicted molar refractivity (Wildman–Crippen MR) is 87.7 cm³/mol. The van der Waals surface area contributed by atoms with Gasteiger partial charge in [-0.1, -0.05) is 13.8 Å². The number of fused-ring (bicyclic) bond motifs is 1. The van der Waals surface area contributed by atoms with Gasteiger partial charge in [0.15, 0.2) is 0 Å². The maximum atomic E-state index is 10.3. The zero-order valence-electron chi connectivity index (χ0n) is 14.8. The van der Waals surface area contributed by atoms with Gasteiger partial charge in [0.05, 0.1) is 11.0 Å². The molecule has 2 aromatic rings. The number of rotatable bonds is 3. The van der Waals surface area contributed by atoms with Crippen molar-refractivity contribution in [3.8, 4) is 5.88 Å². The number of ether oxygens (including phenoxy) is 1. The number of anilines is 1. The van der Waals surface area contributed by atoms with Crippen molar-refractivity contribution in [3.63, 3.8) is 0 Å². The molecule has 25 heavy (non-hydrogen) atoms. The van der Waals surface area contributed by atoms with Crippen molar-refractivity contribution in [2.45, 2.75) is 52.6 Å². The topological polar surface area (TPSA) is 126 Å². The summed E-state index contributed by atoms with van der Waals surface area (Å²) in [5, 5.41) is 36.4. The zero-order chi connectivity index (χ0) is 17.9. The number of aromatic nitrogens is 4. The van der Waals surface area contributed by atoms with Gasteiger partial charge in [0.2, 0.25) is 5.88 Å². The van der Waals surface area contributed by atoms with Crippen LogP contribution in [0.4, 0.5) is 5.82 Å². The quantitative estimate of drug-likeness (QED) is 0.487. The van der Waals surface area contributed by atoms with E-state index in [1.165, 1.54) is 0 Å². The van der Waals surface area contributed by atoms with Gasteiger partial charge in [-0.2, -0.15) is 0 Å². The third-order valence-corrected chi connectivity index (χ3v) is 3.62. The normalized spacial score (nSPS) is 20.1. The molecule has 0 saturated carbocycles. The molecule has 0 bridgehead atoms. The van der Waals surface area contributed by atoms with E-state index in [0.29, 0.717) is 42.2 Å². The Bertz CT molecular complexity index is 692. The van der Waals surface area contributed by atoms with Crippen molar-refractivity contribution < 1.29 is 40.5 Å². The molecule has 1 aliphatic heterocycles. The van der Waals surface area contributed by atoms with Crippen molar-refractivity contribution in [1.82, 2.24) is 20.2 Å². The van der Waals surface area contributed by atoms with Gasteiger partial charge in [-0.05, 0) is 32.3 Å². The molecule has 0 unspecified atom stereocenters.